The lowest BCUT2D eigenvalue weighted by Crippen LogP contribution is -2.32. The van der Waals surface area contributed by atoms with Gasteiger partial charge in [-0.3, -0.25) is 29.4 Å². The third-order valence-corrected chi connectivity index (χ3v) is 4.41. The van der Waals surface area contributed by atoms with Crippen LogP contribution in [0.1, 0.15) is 55.6 Å². The van der Waals surface area contributed by atoms with E-state index in [4.69, 9.17) is 0 Å². The number of nitrogens with one attached hydrogen (secondary N) is 5. The molecule has 0 saturated carbocycles. The number of unbranched alkanes of at least 4 members (excludes halogenated alkanes) is 2. The predicted molar refractivity (Wildman–Crippen MR) is 118 cm³/mol. The van der Waals surface area contributed by atoms with Crippen LogP contribution in [0.5, 0.6) is 0 Å². The average molecular weight is 428 g/mol. The number of hydrogen-bond acceptors (Lipinski definition) is 5. The fourth-order valence-electron chi connectivity index (χ4n) is 2.67. The van der Waals surface area contributed by atoms with E-state index in [9.17, 15) is 19.2 Å². The van der Waals surface area contributed by atoms with Gasteiger partial charge in [-0.05, 0) is 25.0 Å². The first-order chi connectivity index (χ1) is 15.0. The van der Waals surface area contributed by atoms with Gasteiger partial charge in [0.25, 0.3) is 23.3 Å². The van der Waals surface area contributed by atoms with Crippen LogP contribution in [0.25, 0.3) is 6.08 Å². The van der Waals surface area contributed by atoms with E-state index >= 15 is 0 Å². The highest BCUT2D eigenvalue weighted by molar-refractivity contribution is 6.52. The van der Waals surface area contributed by atoms with Crippen LogP contribution in [0.2, 0.25) is 0 Å². The Morgan fingerprint density at radius 2 is 1.61 bits per heavy atom. The molecule has 0 aliphatic carbocycles. The van der Waals surface area contributed by atoms with Gasteiger partial charge in [0.05, 0.1) is 11.1 Å². The van der Waals surface area contributed by atoms with Crippen LogP contribution in [0.15, 0.2) is 39.8 Å². The fourth-order valence-corrected chi connectivity index (χ4v) is 2.67. The molecule has 0 bridgehead atoms. The summed E-state index contributed by atoms with van der Waals surface area (Å²) in [5, 5.41) is 14.2. The van der Waals surface area contributed by atoms with Crippen LogP contribution in [0.4, 0.5) is 0 Å². The molecule has 1 aliphatic rings. The molecule has 3 amide bonds. The maximum Gasteiger partial charge on any atom is 0.273 e. The summed E-state index contributed by atoms with van der Waals surface area (Å²) in [5.74, 6) is -1.25. The zero-order valence-corrected chi connectivity index (χ0v) is 17.7. The van der Waals surface area contributed by atoms with Crippen molar-refractivity contribution in [1.82, 2.24) is 26.3 Å². The highest BCUT2D eigenvalue weighted by Crippen LogP contribution is 2.07. The zero-order chi connectivity index (χ0) is 22.6. The summed E-state index contributed by atoms with van der Waals surface area (Å²) in [6.45, 7) is 5.06. The first kappa shape index (κ1) is 23.6. The fraction of sp³-hybridized carbons (Fsp3) is 0.381. The quantitative estimate of drug-likeness (QED) is 0.204. The van der Waals surface area contributed by atoms with Crippen LogP contribution in [0, 0.1) is 0 Å². The molecule has 0 radical (unpaired) electrons. The van der Waals surface area contributed by atoms with Gasteiger partial charge < -0.3 is 10.6 Å². The van der Waals surface area contributed by atoms with Crippen molar-refractivity contribution in [3.8, 4) is 0 Å². The molecule has 0 unspecified atom stereocenters. The number of hydrazone groups is 1. The van der Waals surface area contributed by atoms with Crippen molar-refractivity contribution >= 4 is 29.5 Å². The van der Waals surface area contributed by atoms with Gasteiger partial charge in [-0.25, -0.2) is 5.43 Å². The number of nitrogens with zero attached hydrogens (tertiary/aromatic N) is 1. The summed E-state index contributed by atoms with van der Waals surface area (Å²) in [4.78, 5) is 48.2. The molecule has 5 N–H and O–H groups in total. The molecular weight excluding hydrogens is 400 g/mol. The number of carbonyl (C=O) groups is 3. The van der Waals surface area contributed by atoms with E-state index in [1.165, 1.54) is 12.2 Å². The second-order valence-electron chi connectivity index (χ2n) is 6.81. The number of aromatic nitrogens is 2. The molecule has 1 aromatic heterocycles. The Balaban J connectivity index is 2.04. The van der Waals surface area contributed by atoms with E-state index in [-0.39, 0.29) is 28.4 Å². The first-order valence-electron chi connectivity index (χ1n) is 10.3. The Bertz CT molecular complexity index is 980. The lowest BCUT2D eigenvalue weighted by atomic mass is 10.1. The van der Waals surface area contributed by atoms with Gasteiger partial charge in [0.2, 0.25) is 0 Å². The van der Waals surface area contributed by atoms with Crippen molar-refractivity contribution in [1.29, 1.82) is 0 Å². The number of aromatic amines is 2. The van der Waals surface area contributed by atoms with E-state index < -0.39 is 17.4 Å². The third-order valence-electron chi connectivity index (χ3n) is 4.41. The largest absolute Gasteiger partial charge is 0.351 e. The van der Waals surface area contributed by atoms with Crippen molar-refractivity contribution in [2.45, 2.75) is 39.5 Å². The number of amides is 3. The van der Waals surface area contributed by atoms with Gasteiger partial charge >= 0.3 is 0 Å². The Hall–Kier alpha value is -3.69. The van der Waals surface area contributed by atoms with Gasteiger partial charge in [-0.15, -0.1) is 0 Å². The Morgan fingerprint density at radius 1 is 0.935 bits per heavy atom. The van der Waals surface area contributed by atoms with E-state index in [1.54, 1.807) is 18.2 Å². The normalized spacial score (nSPS) is 15.0. The lowest BCUT2D eigenvalue weighted by molar-refractivity contribution is -0.117. The van der Waals surface area contributed by atoms with Crippen LogP contribution < -0.4 is 21.6 Å². The topological polar surface area (TPSA) is 148 Å². The number of hydrogen-bond donors (Lipinski definition) is 5. The second kappa shape index (κ2) is 12.1. The molecule has 10 heteroatoms. The Morgan fingerprint density at radius 3 is 2.29 bits per heavy atom. The summed E-state index contributed by atoms with van der Waals surface area (Å²) in [5.41, 5.74) is 2.38. The van der Waals surface area contributed by atoms with Gasteiger partial charge in [-0.2, -0.15) is 5.10 Å². The highest BCUT2D eigenvalue weighted by atomic mass is 16.2. The van der Waals surface area contributed by atoms with E-state index in [0.29, 0.717) is 13.1 Å². The molecule has 2 rings (SSSR count). The maximum absolute atomic E-state index is 12.2. The molecule has 166 valence electrons. The van der Waals surface area contributed by atoms with E-state index in [2.05, 4.69) is 31.4 Å². The number of allylic oxidation sites excluding steroid dienone is 4. The summed E-state index contributed by atoms with van der Waals surface area (Å²) < 4.78 is 0. The van der Waals surface area contributed by atoms with Gasteiger partial charge in [-0.1, -0.05) is 44.9 Å². The molecule has 0 fully saturated rings. The number of H-pyrrole nitrogens is 2. The van der Waals surface area contributed by atoms with Gasteiger partial charge in [0, 0.05) is 13.1 Å². The summed E-state index contributed by atoms with van der Waals surface area (Å²) in [7, 11) is 0. The van der Waals surface area contributed by atoms with Crippen LogP contribution in [0.3, 0.4) is 0 Å². The minimum absolute atomic E-state index is 0.0304. The second-order valence-corrected chi connectivity index (χ2v) is 6.81. The van der Waals surface area contributed by atoms with Gasteiger partial charge in [0.1, 0.15) is 5.69 Å². The minimum atomic E-state index is -0.470. The average Bonchev–Trinajstić information content (AvgIpc) is 3.30. The minimum Gasteiger partial charge on any atom is -0.351 e. The zero-order valence-electron chi connectivity index (χ0n) is 17.7. The molecule has 2 heterocycles. The van der Waals surface area contributed by atoms with E-state index in [1.807, 2.05) is 13.8 Å². The van der Waals surface area contributed by atoms with Crippen molar-refractivity contribution in [2.24, 2.45) is 5.10 Å². The van der Waals surface area contributed by atoms with Gasteiger partial charge in [0.15, 0.2) is 5.71 Å². The van der Waals surface area contributed by atoms with Crippen LogP contribution in [-0.4, -0.2) is 46.7 Å². The predicted octanol–water partition coefficient (Wildman–Crippen LogP) is 1.13. The Labute approximate surface area is 179 Å². The first-order valence-corrected chi connectivity index (χ1v) is 10.3. The van der Waals surface area contributed by atoms with Crippen molar-refractivity contribution < 1.29 is 14.4 Å². The maximum atomic E-state index is 12.2. The summed E-state index contributed by atoms with van der Waals surface area (Å²) >= 11 is 0. The van der Waals surface area contributed by atoms with Crippen molar-refractivity contribution in [2.75, 3.05) is 13.1 Å². The summed E-state index contributed by atoms with van der Waals surface area (Å²) in [6.07, 6.45) is 11.2. The molecule has 0 atom stereocenters. The standard InChI is InChI=1S/C21H28N6O4/c1-3-5-12-22-20(30)16-14(18(28)26-24-16)10-8-7-9-11-15-17(25-27-19(15)29)21(31)23-13-6-4-2/h7-11H,3-6,12-13H2,1-2H3,(H,22,30)(H,23,31)(H,26,28)(H2,25,27,29)/b8-7?,11-9?,14-10-. The Kier molecular flexibility index (Phi) is 9.21. The SMILES string of the molecule is CCCCNC(=O)C1=NNC(=O)/C1=C\C=CC=Cc1c(C(=O)NCCCC)[nH][nH]c1=O. The molecule has 31 heavy (non-hydrogen) atoms. The van der Waals surface area contributed by atoms with Crippen molar-refractivity contribution in [3.05, 3.63) is 51.5 Å². The highest BCUT2D eigenvalue weighted by Gasteiger charge is 2.27. The number of rotatable bonds is 11. The van der Waals surface area contributed by atoms with Crippen molar-refractivity contribution in [3.63, 3.8) is 0 Å². The molecule has 1 aromatic rings. The molecule has 1 aliphatic heterocycles. The van der Waals surface area contributed by atoms with E-state index in [0.717, 1.165) is 25.7 Å². The molecule has 0 aromatic carbocycles. The number of carbonyl (C=O) groups excluding carboxylic acids is 3. The smallest absolute Gasteiger partial charge is 0.273 e. The molecular formula is C21H28N6O4. The summed E-state index contributed by atoms with van der Waals surface area (Å²) in [6, 6.07) is 0. The van der Waals surface area contributed by atoms with Crippen LogP contribution in [-0.2, 0) is 9.59 Å². The molecule has 0 spiro atoms. The lowest BCUT2D eigenvalue weighted by Gasteiger charge is -2.03. The van der Waals surface area contributed by atoms with Crippen LogP contribution >= 0.6 is 0 Å². The molecule has 10 nitrogen and oxygen atoms in total. The monoisotopic (exact) mass is 428 g/mol. The molecule has 0 saturated heterocycles. The third kappa shape index (κ3) is 6.66.